The molecule has 2 heterocycles. The van der Waals surface area contributed by atoms with Crippen LogP contribution in [0.15, 0.2) is 30.3 Å². The number of piperidine rings is 1. The van der Waals surface area contributed by atoms with Gasteiger partial charge in [-0.25, -0.2) is 0 Å². The van der Waals surface area contributed by atoms with E-state index in [4.69, 9.17) is 4.74 Å². The van der Waals surface area contributed by atoms with E-state index in [2.05, 4.69) is 27.7 Å². The molecule has 2 saturated heterocycles. The van der Waals surface area contributed by atoms with Gasteiger partial charge >= 0.3 is 0 Å². The summed E-state index contributed by atoms with van der Waals surface area (Å²) in [7, 11) is 1.60. The number of ether oxygens (including phenoxy) is 1. The predicted molar refractivity (Wildman–Crippen MR) is 124 cm³/mol. The fourth-order valence-corrected chi connectivity index (χ4v) is 3.97. The van der Waals surface area contributed by atoms with E-state index in [1.165, 1.54) is 5.69 Å². The number of para-hydroxylation sites is 1. The maximum atomic E-state index is 12.5. The van der Waals surface area contributed by atoms with Crippen molar-refractivity contribution in [2.24, 2.45) is 0 Å². The highest BCUT2D eigenvalue weighted by Gasteiger charge is 2.39. The Morgan fingerprint density at radius 3 is 2.30 bits per heavy atom. The van der Waals surface area contributed by atoms with Crippen LogP contribution in [0.4, 0.5) is 5.69 Å². The molecule has 3 rings (SSSR count). The van der Waals surface area contributed by atoms with Crippen molar-refractivity contribution < 1.29 is 14.3 Å². The standard InChI is InChI=1S/C21H32N4O3.2ClH/c1-28-21(9-12-22-13-10-21)20(27)23-11-5-8-19(26)25-16-14-24(15-17-25)18-6-3-2-4-7-18;;/h2-4,6-7,22H,5,8-17H2,1H3,(H,23,27);2*1H. The van der Waals surface area contributed by atoms with E-state index in [0.717, 1.165) is 39.3 Å². The lowest BCUT2D eigenvalue weighted by Gasteiger charge is -2.36. The molecule has 1 aromatic carbocycles. The highest BCUT2D eigenvalue weighted by Crippen LogP contribution is 2.22. The van der Waals surface area contributed by atoms with Crippen molar-refractivity contribution in [1.29, 1.82) is 0 Å². The summed E-state index contributed by atoms with van der Waals surface area (Å²) in [4.78, 5) is 29.2. The van der Waals surface area contributed by atoms with Crippen molar-refractivity contribution in [1.82, 2.24) is 15.5 Å². The van der Waals surface area contributed by atoms with Crippen LogP contribution in [0.5, 0.6) is 0 Å². The molecule has 0 aromatic heterocycles. The Balaban J connectivity index is 0.00000225. The van der Waals surface area contributed by atoms with E-state index in [9.17, 15) is 9.59 Å². The minimum atomic E-state index is -0.719. The number of benzene rings is 1. The van der Waals surface area contributed by atoms with Crippen LogP contribution >= 0.6 is 24.8 Å². The molecule has 0 atom stereocenters. The van der Waals surface area contributed by atoms with Crippen molar-refractivity contribution in [3.8, 4) is 0 Å². The number of carbonyl (C=O) groups excluding carboxylic acids is 2. The van der Waals surface area contributed by atoms with Crippen molar-refractivity contribution in [2.45, 2.75) is 31.3 Å². The lowest BCUT2D eigenvalue weighted by Crippen LogP contribution is -2.54. The first-order valence-electron chi connectivity index (χ1n) is 10.3. The number of carbonyl (C=O) groups is 2. The molecule has 2 amide bonds. The van der Waals surface area contributed by atoms with E-state index in [-0.39, 0.29) is 36.6 Å². The summed E-state index contributed by atoms with van der Waals surface area (Å²) < 4.78 is 5.53. The molecular formula is C21H34Cl2N4O3. The molecule has 9 heteroatoms. The molecule has 0 bridgehead atoms. The molecule has 7 nitrogen and oxygen atoms in total. The summed E-state index contributed by atoms with van der Waals surface area (Å²) in [6.07, 6.45) is 2.48. The third-order valence-corrected chi connectivity index (χ3v) is 5.82. The summed E-state index contributed by atoms with van der Waals surface area (Å²) >= 11 is 0. The van der Waals surface area contributed by atoms with E-state index in [0.29, 0.717) is 32.2 Å². The van der Waals surface area contributed by atoms with Crippen LogP contribution in [0.25, 0.3) is 0 Å². The average Bonchev–Trinajstić information content (AvgIpc) is 2.77. The van der Waals surface area contributed by atoms with Crippen molar-refractivity contribution in [3.05, 3.63) is 30.3 Å². The highest BCUT2D eigenvalue weighted by atomic mass is 35.5. The van der Waals surface area contributed by atoms with Gasteiger partial charge in [0.1, 0.15) is 5.60 Å². The Labute approximate surface area is 191 Å². The van der Waals surface area contributed by atoms with Gasteiger partial charge in [-0.05, 0) is 44.5 Å². The molecule has 2 fully saturated rings. The van der Waals surface area contributed by atoms with Gasteiger partial charge < -0.3 is 25.2 Å². The maximum Gasteiger partial charge on any atom is 0.252 e. The fourth-order valence-electron chi connectivity index (χ4n) is 3.97. The van der Waals surface area contributed by atoms with E-state index in [1.54, 1.807) is 7.11 Å². The minimum Gasteiger partial charge on any atom is -0.368 e. The molecule has 0 radical (unpaired) electrons. The van der Waals surface area contributed by atoms with Crippen molar-refractivity contribution >= 4 is 42.3 Å². The molecule has 0 spiro atoms. The van der Waals surface area contributed by atoms with Gasteiger partial charge in [0.15, 0.2) is 0 Å². The Morgan fingerprint density at radius 2 is 1.70 bits per heavy atom. The van der Waals surface area contributed by atoms with Gasteiger partial charge in [-0.15, -0.1) is 24.8 Å². The van der Waals surface area contributed by atoms with Gasteiger partial charge in [0.05, 0.1) is 0 Å². The summed E-state index contributed by atoms with van der Waals surface area (Å²) in [5.74, 6) is 0.116. The van der Waals surface area contributed by atoms with E-state index in [1.807, 2.05) is 23.1 Å². The number of halogens is 2. The molecule has 2 aliphatic rings. The fraction of sp³-hybridized carbons (Fsp3) is 0.619. The smallest absolute Gasteiger partial charge is 0.252 e. The lowest BCUT2D eigenvalue weighted by atomic mass is 9.91. The summed E-state index contributed by atoms with van der Waals surface area (Å²) in [6.45, 7) is 5.30. The van der Waals surface area contributed by atoms with Crippen LogP contribution in [-0.4, -0.2) is 75.2 Å². The third-order valence-electron chi connectivity index (χ3n) is 5.82. The van der Waals surface area contributed by atoms with Crippen LogP contribution < -0.4 is 15.5 Å². The SMILES string of the molecule is COC1(C(=O)NCCCC(=O)N2CCN(c3ccccc3)CC2)CCNCC1.Cl.Cl. The minimum absolute atomic E-state index is 0. The van der Waals surface area contributed by atoms with Gasteiger partial charge in [0.2, 0.25) is 5.91 Å². The predicted octanol–water partition coefficient (Wildman–Crippen LogP) is 1.84. The highest BCUT2D eigenvalue weighted by molar-refractivity contribution is 5.86. The quantitative estimate of drug-likeness (QED) is 0.607. The van der Waals surface area contributed by atoms with Gasteiger partial charge in [-0.2, -0.15) is 0 Å². The third kappa shape index (κ3) is 6.74. The topological polar surface area (TPSA) is 73.9 Å². The van der Waals surface area contributed by atoms with Gasteiger partial charge in [-0.3, -0.25) is 9.59 Å². The Bertz CT molecular complexity index is 649. The van der Waals surface area contributed by atoms with Crippen LogP contribution in [0.1, 0.15) is 25.7 Å². The second-order valence-corrected chi connectivity index (χ2v) is 7.51. The molecule has 0 saturated carbocycles. The number of hydrogen-bond donors (Lipinski definition) is 2. The van der Waals surface area contributed by atoms with Crippen molar-refractivity contribution in [3.63, 3.8) is 0 Å². The zero-order chi connectivity index (χ0) is 19.8. The second-order valence-electron chi connectivity index (χ2n) is 7.51. The zero-order valence-electron chi connectivity index (χ0n) is 17.6. The molecule has 2 aliphatic heterocycles. The summed E-state index contributed by atoms with van der Waals surface area (Å²) in [6, 6.07) is 10.3. The first-order chi connectivity index (χ1) is 13.6. The number of amides is 2. The molecule has 30 heavy (non-hydrogen) atoms. The van der Waals surface area contributed by atoms with Gasteiger partial charge in [-0.1, -0.05) is 18.2 Å². The largest absolute Gasteiger partial charge is 0.368 e. The van der Waals surface area contributed by atoms with E-state index < -0.39 is 5.60 Å². The lowest BCUT2D eigenvalue weighted by molar-refractivity contribution is -0.146. The number of rotatable bonds is 7. The average molecular weight is 461 g/mol. The Morgan fingerprint density at radius 1 is 1.07 bits per heavy atom. The van der Waals surface area contributed by atoms with Crippen LogP contribution in [-0.2, 0) is 14.3 Å². The van der Waals surface area contributed by atoms with Gasteiger partial charge in [0, 0.05) is 51.9 Å². The molecular weight excluding hydrogens is 427 g/mol. The number of methoxy groups -OCH3 is 1. The summed E-state index contributed by atoms with van der Waals surface area (Å²) in [5, 5.41) is 6.21. The number of piperazine rings is 1. The number of nitrogens with zero attached hydrogens (tertiary/aromatic N) is 2. The number of anilines is 1. The first kappa shape index (κ1) is 26.5. The molecule has 0 aliphatic carbocycles. The zero-order valence-corrected chi connectivity index (χ0v) is 19.2. The Kier molecular flexibility index (Phi) is 11.5. The van der Waals surface area contributed by atoms with E-state index >= 15 is 0 Å². The first-order valence-corrected chi connectivity index (χ1v) is 10.3. The molecule has 170 valence electrons. The van der Waals surface area contributed by atoms with Crippen molar-refractivity contribution in [2.75, 3.05) is 57.8 Å². The van der Waals surface area contributed by atoms with Gasteiger partial charge in [0.25, 0.3) is 5.91 Å². The molecule has 2 N–H and O–H groups in total. The van der Waals surface area contributed by atoms with Crippen LogP contribution in [0.2, 0.25) is 0 Å². The number of nitrogens with one attached hydrogen (secondary N) is 2. The molecule has 0 unspecified atom stereocenters. The Hall–Kier alpha value is -1.54. The summed E-state index contributed by atoms with van der Waals surface area (Å²) in [5.41, 5.74) is 0.491. The normalized spacial score (nSPS) is 18.0. The van der Waals surface area contributed by atoms with Crippen LogP contribution in [0.3, 0.4) is 0 Å². The number of hydrogen-bond acceptors (Lipinski definition) is 5. The molecule has 1 aromatic rings. The van der Waals surface area contributed by atoms with Crippen LogP contribution in [0, 0.1) is 0 Å². The second kappa shape index (κ2) is 13.0. The monoisotopic (exact) mass is 460 g/mol. The maximum absolute atomic E-state index is 12.5.